The highest BCUT2D eigenvalue weighted by atomic mass is 16.8. The van der Waals surface area contributed by atoms with E-state index in [1.54, 1.807) is 0 Å². The summed E-state index contributed by atoms with van der Waals surface area (Å²) in [5, 5.41) is 20.6. The van der Waals surface area contributed by atoms with Crippen LogP contribution in [0.15, 0.2) is 11.6 Å². The summed E-state index contributed by atoms with van der Waals surface area (Å²) in [6, 6.07) is 0. The fourth-order valence-corrected chi connectivity index (χ4v) is 5.30. The lowest BCUT2D eigenvalue weighted by Crippen LogP contribution is -2.62. The van der Waals surface area contributed by atoms with Crippen LogP contribution in [0.3, 0.4) is 0 Å². The average molecular weight is 266 g/mol. The molecule has 0 amide bonds. The smallest absolute Gasteiger partial charge is 0.195 e. The molecule has 2 aliphatic heterocycles. The van der Waals surface area contributed by atoms with Gasteiger partial charge in [0.05, 0.1) is 18.8 Å². The largest absolute Gasteiger partial charge is 0.393 e. The first kappa shape index (κ1) is 12.3. The van der Waals surface area contributed by atoms with E-state index in [4.69, 9.17) is 9.47 Å². The summed E-state index contributed by atoms with van der Waals surface area (Å²) in [4.78, 5) is 0. The Morgan fingerprint density at radius 2 is 2.16 bits per heavy atom. The minimum absolute atomic E-state index is 0.0878. The first-order valence-corrected chi connectivity index (χ1v) is 7.20. The van der Waals surface area contributed by atoms with Crippen LogP contribution in [-0.4, -0.2) is 40.4 Å². The highest BCUT2D eigenvalue weighted by molar-refractivity contribution is 5.36. The summed E-state index contributed by atoms with van der Waals surface area (Å²) in [7, 11) is 0. The molecule has 2 heterocycles. The second-order valence-corrected chi connectivity index (χ2v) is 7.20. The maximum Gasteiger partial charge on any atom is 0.195 e. The summed E-state index contributed by atoms with van der Waals surface area (Å²) in [6.45, 7) is 6.24. The van der Waals surface area contributed by atoms with Crippen molar-refractivity contribution in [2.75, 3.05) is 6.61 Å². The molecule has 106 valence electrons. The number of ether oxygens (including phenoxy) is 2. The van der Waals surface area contributed by atoms with Crippen molar-refractivity contribution in [1.29, 1.82) is 0 Å². The summed E-state index contributed by atoms with van der Waals surface area (Å²) >= 11 is 0. The third-order valence-electron chi connectivity index (χ3n) is 6.76. The third-order valence-corrected chi connectivity index (χ3v) is 6.76. The quantitative estimate of drug-likeness (QED) is 0.704. The Labute approximate surface area is 113 Å². The minimum atomic E-state index is -0.755. The standard InChI is InChI=1S/C15H22O4/c1-9-4-5-12(2)13(3)10(17)6-11-14(13,8-16)19-15(12,7-9)18-11/h7,10-11,16-17H,4-6,8H2,1-3H3. The van der Waals surface area contributed by atoms with Crippen molar-refractivity contribution in [1.82, 2.24) is 0 Å². The molecule has 4 heteroatoms. The average Bonchev–Trinajstić information content (AvgIpc) is 2.82. The molecule has 0 aromatic carbocycles. The van der Waals surface area contributed by atoms with Crippen molar-refractivity contribution < 1.29 is 19.7 Å². The summed E-state index contributed by atoms with van der Waals surface area (Å²) in [6.07, 6.45) is 3.89. The van der Waals surface area contributed by atoms with Crippen molar-refractivity contribution in [2.45, 2.75) is 63.6 Å². The van der Waals surface area contributed by atoms with Gasteiger partial charge in [-0.1, -0.05) is 19.4 Å². The van der Waals surface area contributed by atoms with E-state index >= 15 is 0 Å². The molecule has 0 radical (unpaired) electrons. The van der Waals surface area contributed by atoms with Gasteiger partial charge in [-0.05, 0) is 25.8 Å². The number of aliphatic hydroxyl groups is 2. The van der Waals surface area contributed by atoms with Gasteiger partial charge in [0.2, 0.25) is 0 Å². The van der Waals surface area contributed by atoms with Gasteiger partial charge in [-0.2, -0.15) is 0 Å². The van der Waals surface area contributed by atoms with Gasteiger partial charge in [-0.15, -0.1) is 0 Å². The Morgan fingerprint density at radius 1 is 1.42 bits per heavy atom. The SMILES string of the molecule is CC1=CC23OC4CC(O)C(C)(C4(CO)O2)C3(C)CC1. The molecule has 2 bridgehead atoms. The molecule has 6 atom stereocenters. The molecular formula is C15H22O4. The fraction of sp³-hybridized carbons (Fsp3) is 0.867. The predicted molar refractivity (Wildman–Crippen MR) is 68.3 cm³/mol. The molecule has 4 nitrogen and oxygen atoms in total. The Hall–Kier alpha value is -0.420. The molecular weight excluding hydrogens is 244 g/mol. The molecule has 4 rings (SSSR count). The fourth-order valence-electron chi connectivity index (χ4n) is 5.30. The monoisotopic (exact) mass is 266 g/mol. The molecule has 1 spiro atoms. The third kappa shape index (κ3) is 0.934. The molecule has 6 unspecified atom stereocenters. The zero-order valence-corrected chi connectivity index (χ0v) is 11.8. The van der Waals surface area contributed by atoms with Crippen molar-refractivity contribution >= 4 is 0 Å². The maximum absolute atomic E-state index is 10.6. The maximum atomic E-state index is 10.6. The number of rotatable bonds is 1. The van der Waals surface area contributed by atoms with Crippen LogP contribution >= 0.6 is 0 Å². The van der Waals surface area contributed by atoms with Crippen molar-refractivity contribution in [3.05, 3.63) is 11.6 Å². The van der Waals surface area contributed by atoms with Gasteiger partial charge in [-0.3, -0.25) is 0 Å². The van der Waals surface area contributed by atoms with Crippen LogP contribution in [0.25, 0.3) is 0 Å². The second-order valence-electron chi connectivity index (χ2n) is 7.20. The normalized spacial score (nSPS) is 62.3. The first-order valence-electron chi connectivity index (χ1n) is 7.20. The predicted octanol–water partition coefficient (Wildman–Crippen LogP) is 1.36. The van der Waals surface area contributed by atoms with Crippen molar-refractivity contribution in [3.8, 4) is 0 Å². The Morgan fingerprint density at radius 3 is 2.84 bits per heavy atom. The van der Waals surface area contributed by atoms with E-state index in [1.807, 2.05) is 0 Å². The van der Waals surface area contributed by atoms with Crippen LogP contribution < -0.4 is 0 Å². The van der Waals surface area contributed by atoms with Crippen LogP contribution in [0, 0.1) is 10.8 Å². The summed E-state index contributed by atoms with van der Waals surface area (Å²) in [5.74, 6) is -0.755. The molecule has 3 fully saturated rings. The van der Waals surface area contributed by atoms with Gasteiger partial charge in [0.15, 0.2) is 5.79 Å². The van der Waals surface area contributed by atoms with Gasteiger partial charge < -0.3 is 19.7 Å². The van der Waals surface area contributed by atoms with E-state index in [1.165, 1.54) is 5.57 Å². The minimum Gasteiger partial charge on any atom is -0.393 e. The molecule has 4 aliphatic rings. The topological polar surface area (TPSA) is 58.9 Å². The van der Waals surface area contributed by atoms with Crippen LogP contribution in [0.2, 0.25) is 0 Å². The molecule has 2 saturated heterocycles. The van der Waals surface area contributed by atoms with E-state index < -0.39 is 22.9 Å². The lowest BCUT2D eigenvalue weighted by molar-refractivity contribution is -0.203. The number of aliphatic hydroxyl groups excluding tert-OH is 2. The van der Waals surface area contributed by atoms with E-state index in [-0.39, 0.29) is 18.1 Å². The highest BCUT2D eigenvalue weighted by Gasteiger charge is 2.87. The molecule has 0 aromatic heterocycles. The summed E-state index contributed by atoms with van der Waals surface area (Å²) < 4.78 is 12.6. The number of hydrogen-bond acceptors (Lipinski definition) is 4. The van der Waals surface area contributed by atoms with Gasteiger partial charge >= 0.3 is 0 Å². The molecule has 0 aromatic rings. The van der Waals surface area contributed by atoms with Gasteiger partial charge in [0.1, 0.15) is 5.60 Å². The zero-order valence-electron chi connectivity index (χ0n) is 11.8. The van der Waals surface area contributed by atoms with Crippen molar-refractivity contribution in [3.63, 3.8) is 0 Å². The van der Waals surface area contributed by atoms with Gasteiger partial charge in [-0.25, -0.2) is 0 Å². The van der Waals surface area contributed by atoms with Crippen LogP contribution in [0.4, 0.5) is 0 Å². The lowest BCUT2D eigenvalue weighted by Gasteiger charge is -2.53. The van der Waals surface area contributed by atoms with E-state index in [0.29, 0.717) is 6.42 Å². The molecule has 2 N–H and O–H groups in total. The van der Waals surface area contributed by atoms with Crippen molar-refractivity contribution in [2.24, 2.45) is 10.8 Å². The van der Waals surface area contributed by atoms with E-state index in [0.717, 1.165) is 12.8 Å². The van der Waals surface area contributed by atoms with Crippen LogP contribution in [-0.2, 0) is 9.47 Å². The Bertz CT molecular complexity index is 489. The second kappa shape index (κ2) is 3.08. The van der Waals surface area contributed by atoms with E-state index in [2.05, 4.69) is 26.8 Å². The van der Waals surface area contributed by atoms with Crippen LogP contribution in [0.5, 0.6) is 0 Å². The number of allylic oxidation sites excluding steroid dienone is 1. The molecule has 19 heavy (non-hydrogen) atoms. The number of hydrogen-bond donors (Lipinski definition) is 2. The Kier molecular flexibility index (Phi) is 2.00. The Balaban J connectivity index is 2.00. The molecule has 2 aliphatic carbocycles. The summed E-state index contributed by atoms with van der Waals surface area (Å²) in [5.41, 5.74) is -0.211. The van der Waals surface area contributed by atoms with Gasteiger partial charge in [0.25, 0.3) is 0 Å². The van der Waals surface area contributed by atoms with Gasteiger partial charge in [0, 0.05) is 17.3 Å². The molecule has 1 saturated carbocycles. The first-order chi connectivity index (χ1) is 8.85. The highest BCUT2D eigenvalue weighted by Crippen LogP contribution is 2.77. The zero-order chi connectivity index (χ0) is 13.7. The lowest BCUT2D eigenvalue weighted by atomic mass is 9.52. The van der Waals surface area contributed by atoms with Crippen LogP contribution in [0.1, 0.15) is 40.0 Å². The van der Waals surface area contributed by atoms with E-state index in [9.17, 15) is 10.2 Å². The number of fused-ring (bicyclic) bond motifs is 1.